The number of H-pyrrole nitrogens is 1. The van der Waals surface area contributed by atoms with Crippen molar-refractivity contribution in [2.45, 2.75) is 37.6 Å². The van der Waals surface area contributed by atoms with Gasteiger partial charge in [-0.25, -0.2) is 4.79 Å². The van der Waals surface area contributed by atoms with Gasteiger partial charge in [0.25, 0.3) is 0 Å². The summed E-state index contributed by atoms with van der Waals surface area (Å²) >= 11 is 3.41. The van der Waals surface area contributed by atoms with Gasteiger partial charge in [-0.3, -0.25) is 4.98 Å². The lowest BCUT2D eigenvalue weighted by molar-refractivity contribution is 0.186. The zero-order valence-electron chi connectivity index (χ0n) is 23.4. The molecule has 0 saturated heterocycles. The number of para-hydroxylation sites is 2. The van der Waals surface area contributed by atoms with Crippen LogP contribution in [-0.4, -0.2) is 62.0 Å². The fraction of sp³-hybridized carbons (Fsp3) is 0.406. The number of anilines is 2. The van der Waals surface area contributed by atoms with Gasteiger partial charge in [0.2, 0.25) is 0 Å². The molecule has 0 unspecified atom stereocenters. The van der Waals surface area contributed by atoms with Crippen molar-refractivity contribution in [1.82, 2.24) is 9.88 Å². The van der Waals surface area contributed by atoms with Crippen molar-refractivity contribution in [3.63, 3.8) is 0 Å². The SMILES string of the molecule is CN(CCBr)c1ccccc1.CN(CCN(C)C1CCC(c2ccc3[nH]c(=O)oc3c2)CC1)c1ccccc1. The normalized spacial score (nSPS) is 17.1. The van der Waals surface area contributed by atoms with E-state index >= 15 is 0 Å². The third-order valence-corrected chi connectivity index (χ3v) is 8.19. The third-order valence-electron chi connectivity index (χ3n) is 7.84. The standard InChI is InChI=1S/C23H29N3O2.C9H12BrN/c1-25(19-6-4-3-5-7-19)14-15-26(2)20-11-8-17(9-12-20)18-10-13-21-22(16-18)28-23(27)24-21;1-11(8-7-10)9-5-3-2-4-6-9/h3-7,10,13,16-17,20H,8-9,11-12,14-15H2,1-2H3,(H,24,27);2-6H,7-8H2,1H3. The molecule has 39 heavy (non-hydrogen) atoms. The van der Waals surface area contributed by atoms with E-state index in [0.29, 0.717) is 17.5 Å². The fourth-order valence-electron chi connectivity index (χ4n) is 5.31. The van der Waals surface area contributed by atoms with Crippen molar-refractivity contribution in [3.05, 3.63) is 95.0 Å². The van der Waals surface area contributed by atoms with Crippen LogP contribution in [0.15, 0.2) is 88.1 Å². The van der Waals surface area contributed by atoms with Crippen molar-refractivity contribution in [1.29, 1.82) is 0 Å². The van der Waals surface area contributed by atoms with Crippen LogP contribution in [0.25, 0.3) is 11.1 Å². The number of aromatic nitrogens is 1. The summed E-state index contributed by atoms with van der Waals surface area (Å²) in [5.41, 5.74) is 5.29. The monoisotopic (exact) mass is 592 g/mol. The number of halogens is 1. The van der Waals surface area contributed by atoms with Gasteiger partial charge in [-0.05, 0) is 80.6 Å². The number of aromatic amines is 1. The van der Waals surface area contributed by atoms with Gasteiger partial charge in [-0.1, -0.05) is 58.4 Å². The van der Waals surface area contributed by atoms with Gasteiger partial charge in [-0.2, -0.15) is 0 Å². The lowest BCUT2D eigenvalue weighted by Crippen LogP contribution is -2.39. The number of nitrogens with zero attached hydrogens (tertiary/aromatic N) is 3. The molecule has 208 valence electrons. The first-order chi connectivity index (χ1) is 18.9. The summed E-state index contributed by atoms with van der Waals surface area (Å²) < 4.78 is 5.23. The minimum Gasteiger partial charge on any atom is -0.408 e. The predicted molar refractivity (Wildman–Crippen MR) is 168 cm³/mol. The minimum atomic E-state index is -0.377. The summed E-state index contributed by atoms with van der Waals surface area (Å²) in [6.07, 6.45) is 4.80. The molecule has 1 N–H and O–H groups in total. The molecule has 0 amide bonds. The quantitative estimate of drug-likeness (QED) is 0.218. The topological polar surface area (TPSA) is 55.7 Å². The molecule has 0 atom stereocenters. The van der Waals surface area contributed by atoms with Crippen LogP contribution < -0.4 is 15.6 Å². The summed E-state index contributed by atoms with van der Waals surface area (Å²) in [6, 6.07) is 27.7. The maximum atomic E-state index is 11.4. The summed E-state index contributed by atoms with van der Waals surface area (Å²) in [7, 11) is 6.51. The van der Waals surface area contributed by atoms with E-state index in [-0.39, 0.29) is 5.76 Å². The number of alkyl halides is 1. The highest BCUT2D eigenvalue weighted by atomic mass is 79.9. The zero-order valence-corrected chi connectivity index (χ0v) is 24.9. The van der Waals surface area contributed by atoms with E-state index in [9.17, 15) is 4.79 Å². The van der Waals surface area contributed by atoms with E-state index in [1.165, 1.54) is 42.6 Å². The van der Waals surface area contributed by atoms with Gasteiger partial charge >= 0.3 is 5.76 Å². The molecule has 1 fully saturated rings. The molecule has 1 aliphatic carbocycles. The molecule has 7 heteroatoms. The molecule has 1 aliphatic rings. The predicted octanol–water partition coefficient (Wildman–Crippen LogP) is 6.73. The molecule has 4 aromatic rings. The van der Waals surface area contributed by atoms with Gasteiger partial charge in [0, 0.05) is 56.5 Å². The first-order valence-electron chi connectivity index (χ1n) is 13.9. The number of oxazole rings is 1. The van der Waals surface area contributed by atoms with Crippen LogP contribution >= 0.6 is 15.9 Å². The molecule has 0 aliphatic heterocycles. The Bertz CT molecular complexity index is 1320. The van der Waals surface area contributed by atoms with Gasteiger partial charge in [-0.15, -0.1) is 0 Å². The van der Waals surface area contributed by atoms with E-state index in [0.717, 1.165) is 30.5 Å². The highest BCUT2D eigenvalue weighted by molar-refractivity contribution is 9.09. The Kier molecular flexibility index (Phi) is 10.7. The lowest BCUT2D eigenvalue weighted by atomic mass is 9.81. The second-order valence-corrected chi connectivity index (χ2v) is 11.3. The molecule has 1 heterocycles. The smallest absolute Gasteiger partial charge is 0.408 e. The average Bonchev–Trinajstić information content (AvgIpc) is 3.36. The molecule has 0 spiro atoms. The van der Waals surface area contributed by atoms with Crippen molar-refractivity contribution in [2.75, 3.05) is 55.9 Å². The van der Waals surface area contributed by atoms with Gasteiger partial charge in [0.15, 0.2) is 5.58 Å². The molecule has 1 aromatic heterocycles. The second-order valence-electron chi connectivity index (χ2n) is 10.5. The van der Waals surface area contributed by atoms with E-state index < -0.39 is 0 Å². The number of hydrogen-bond donors (Lipinski definition) is 1. The molecular weight excluding hydrogens is 552 g/mol. The molecule has 6 nitrogen and oxygen atoms in total. The van der Waals surface area contributed by atoms with Crippen molar-refractivity contribution in [2.24, 2.45) is 0 Å². The Hall–Kier alpha value is -3.03. The Morgan fingerprint density at radius 1 is 0.795 bits per heavy atom. The number of nitrogens with one attached hydrogen (secondary N) is 1. The summed E-state index contributed by atoms with van der Waals surface area (Å²) in [4.78, 5) is 21.1. The van der Waals surface area contributed by atoms with E-state index in [2.05, 4.69) is 117 Å². The summed E-state index contributed by atoms with van der Waals surface area (Å²) in [5.74, 6) is 0.180. The second kappa shape index (κ2) is 14.4. The highest BCUT2D eigenvalue weighted by Crippen LogP contribution is 2.35. The number of rotatable bonds is 9. The van der Waals surface area contributed by atoms with Crippen LogP contribution in [0, 0.1) is 0 Å². The van der Waals surface area contributed by atoms with Gasteiger partial charge in [0.1, 0.15) is 0 Å². The lowest BCUT2D eigenvalue weighted by Gasteiger charge is -2.35. The average molecular weight is 594 g/mol. The molecule has 3 aromatic carbocycles. The fourth-order valence-corrected chi connectivity index (χ4v) is 5.84. The van der Waals surface area contributed by atoms with E-state index in [1.54, 1.807) is 0 Å². The number of hydrogen-bond acceptors (Lipinski definition) is 5. The maximum absolute atomic E-state index is 11.4. The molecule has 0 bridgehead atoms. The third kappa shape index (κ3) is 8.23. The molecule has 1 saturated carbocycles. The van der Waals surface area contributed by atoms with Crippen LogP contribution in [0.2, 0.25) is 0 Å². The number of fused-ring (bicyclic) bond motifs is 1. The Balaban J connectivity index is 0.000000270. The highest BCUT2D eigenvalue weighted by Gasteiger charge is 2.25. The number of likely N-dealkylation sites (N-methyl/N-ethyl adjacent to an activating group) is 2. The largest absolute Gasteiger partial charge is 0.417 e. The number of benzene rings is 3. The van der Waals surface area contributed by atoms with Crippen LogP contribution in [0.5, 0.6) is 0 Å². The van der Waals surface area contributed by atoms with Crippen molar-refractivity contribution in [3.8, 4) is 0 Å². The minimum absolute atomic E-state index is 0.377. The zero-order chi connectivity index (χ0) is 27.6. The summed E-state index contributed by atoms with van der Waals surface area (Å²) in [5, 5.41) is 1.01. The van der Waals surface area contributed by atoms with Gasteiger partial charge in [0.05, 0.1) is 5.52 Å². The Morgan fingerprint density at radius 3 is 1.97 bits per heavy atom. The molecular formula is C32H41BrN4O2. The first kappa shape index (κ1) is 29.0. The van der Waals surface area contributed by atoms with E-state index in [1.807, 2.05) is 18.2 Å². The first-order valence-corrected chi connectivity index (χ1v) is 15.0. The Labute approximate surface area is 240 Å². The van der Waals surface area contributed by atoms with Crippen LogP contribution in [-0.2, 0) is 0 Å². The Morgan fingerprint density at radius 2 is 1.38 bits per heavy atom. The van der Waals surface area contributed by atoms with E-state index in [4.69, 9.17) is 4.42 Å². The van der Waals surface area contributed by atoms with Crippen molar-refractivity contribution >= 4 is 38.4 Å². The summed E-state index contributed by atoms with van der Waals surface area (Å²) in [6.45, 7) is 3.15. The van der Waals surface area contributed by atoms with Crippen LogP contribution in [0.3, 0.4) is 0 Å². The molecule has 5 rings (SSSR count). The van der Waals surface area contributed by atoms with Crippen molar-refractivity contribution < 1.29 is 4.42 Å². The maximum Gasteiger partial charge on any atom is 0.417 e. The molecule has 0 radical (unpaired) electrons. The van der Waals surface area contributed by atoms with Gasteiger partial charge < -0.3 is 19.1 Å². The van der Waals surface area contributed by atoms with Crippen LogP contribution in [0.1, 0.15) is 37.2 Å². The van der Waals surface area contributed by atoms with Crippen LogP contribution in [0.4, 0.5) is 11.4 Å².